The summed E-state index contributed by atoms with van der Waals surface area (Å²) in [5.74, 6) is 1.14. The van der Waals surface area contributed by atoms with E-state index in [0.29, 0.717) is 23.7 Å². The normalized spacial score (nSPS) is 16.4. The van der Waals surface area contributed by atoms with Crippen LogP contribution in [0.5, 0.6) is 5.75 Å². The third-order valence-electron chi connectivity index (χ3n) is 4.17. The molecule has 3 N–H and O–H groups in total. The Morgan fingerprint density at radius 1 is 1.22 bits per heavy atom. The van der Waals surface area contributed by atoms with E-state index in [9.17, 15) is 8.42 Å². The number of rotatable bonds is 7. The lowest BCUT2D eigenvalue weighted by atomic mass is 10.1. The number of hydrogen-bond acceptors (Lipinski definition) is 4. The van der Waals surface area contributed by atoms with Crippen molar-refractivity contribution in [2.24, 2.45) is 11.7 Å². The number of nitrogens with two attached hydrogens (primary N) is 1. The van der Waals surface area contributed by atoms with Gasteiger partial charge in [-0.15, -0.1) is 0 Å². The molecule has 2 aromatic carbocycles. The third-order valence-corrected chi connectivity index (χ3v) is 5.65. The molecule has 0 heterocycles. The highest BCUT2D eigenvalue weighted by molar-refractivity contribution is 7.89. The molecule has 1 aliphatic carbocycles. The maximum absolute atomic E-state index is 12.7. The van der Waals surface area contributed by atoms with E-state index in [1.807, 2.05) is 25.1 Å². The van der Waals surface area contributed by atoms with Gasteiger partial charge in [0.15, 0.2) is 0 Å². The van der Waals surface area contributed by atoms with Crippen molar-refractivity contribution in [2.45, 2.75) is 30.7 Å². The first-order chi connectivity index (χ1) is 11.0. The smallest absolute Gasteiger partial charge is 0.241 e. The van der Waals surface area contributed by atoms with Crippen LogP contribution in [0.4, 0.5) is 0 Å². The molecule has 1 atom stereocenters. The minimum Gasteiger partial charge on any atom is -0.493 e. The van der Waals surface area contributed by atoms with Crippen molar-refractivity contribution < 1.29 is 13.2 Å². The molecule has 5 nitrogen and oxygen atoms in total. The monoisotopic (exact) mass is 334 g/mol. The van der Waals surface area contributed by atoms with Crippen LogP contribution in [0.3, 0.4) is 0 Å². The summed E-state index contributed by atoms with van der Waals surface area (Å²) in [6.45, 7) is 2.71. The molecule has 0 bridgehead atoms. The molecule has 1 fully saturated rings. The van der Waals surface area contributed by atoms with Crippen LogP contribution in [-0.2, 0) is 10.0 Å². The summed E-state index contributed by atoms with van der Waals surface area (Å²) in [6, 6.07) is 10.6. The van der Waals surface area contributed by atoms with E-state index >= 15 is 0 Å². The maximum atomic E-state index is 12.7. The van der Waals surface area contributed by atoms with Gasteiger partial charge in [0.05, 0.1) is 11.5 Å². The van der Waals surface area contributed by atoms with Gasteiger partial charge in [0.2, 0.25) is 10.0 Å². The number of hydrogen-bond donors (Lipinski definition) is 2. The molecular formula is C17H22N2O3S. The second kappa shape index (κ2) is 6.47. The van der Waals surface area contributed by atoms with Gasteiger partial charge in [0.25, 0.3) is 0 Å². The van der Waals surface area contributed by atoms with E-state index in [1.54, 1.807) is 18.2 Å². The van der Waals surface area contributed by atoms with Gasteiger partial charge in [-0.3, -0.25) is 0 Å². The largest absolute Gasteiger partial charge is 0.493 e. The summed E-state index contributed by atoms with van der Waals surface area (Å²) in [6.07, 6.45) is 2.18. The number of nitrogens with one attached hydrogen (secondary N) is 1. The predicted molar refractivity (Wildman–Crippen MR) is 91.0 cm³/mol. The van der Waals surface area contributed by atoms with Crippen molar-refractivity contribution in [1.29, 1.82) is 0 Å². The van der Waals surface area contributed by atoms with Crippen LogP contribution in [0.2, 0.25) is 0 Å². The molecule has 0 amide bonds. The van der Waals surface area contributed by atoms with Gasteiger partial charge >= 0.3 is 0 Å². The number of benzene rings is 2. The van der Waals surface area contributed by atoms with Crippen molar-refractivity contribution in [1.82, 2.24) is 4.72 Å². The molecular weight excluding hydrogens is 312 g/mol. The summed E-state index contributed by atoms with van der Waals surface area (Å²) >= 11 is 0. The zero-order valence-corrected chi connectivity index (χ0v) is 14.0. The average molecular weight is 334 g/mol. The summed E-state index contributed by atoms with van der Waals surface area (Å²) < 4.78 is 33.5. The first kappa shape index (κ1) is 16.2. The first-order valence-corrected chi connectivity index (χ1v) is 9.41. The molecule has 0 radical (unpaired) electrons. The van der Waals surface area contributed by atoms with Crippen LogP contribution in [0.25, 0.3) is 10.8 Å². The molecule has 0 aliphatic heterocycles. The highest BCUT2D eigenvalue weighted by Gasteiger charge is 2.29. The SMILES string of the molecule is CCOc1ccc(S(=O)(=O)NCC(N)C2CC2)c2ccccc12. The first-order valence-electron chi connectivity index (χ1n) is 7.92. The van der Waals surface area contributed by atoms with Gasteiger partial charge in [0, 0.05) is 23.4 Å². The van der Waals surface area contributed by atoms with Crippen molar-refractivity contribution in [3.63, 3.8) is 0 Å². The molecule has 1 aliphatic rings. The predicted octanol–water partition coefficient (Wildman–Crippen LogP) is 2.25. The Kier molecular flexibility index (Phi) is 4.57. The number of fused-ring (bicyclic) bond motifs is 1. The van der Waals surface area contributed by atoms with Crippen LogP contribution >= 0.6 is 0 Å². The number of ether oxygens (including phenoxy) is 1. The lowest BCUT2D eigenvalue weighted by Gasteiger charge is -2.15. The van der Waals surface area contributed by atoms with Crippen molar-refractivity contribution in [3.8, 4) is 5.75 Å². The second-order valence-corrected chi connectivity index (χ2v) is 7.63. The van der Waals surface area contributed by atoms with E-state index in [-0.39, 0.29) is 17.5 Å². The molecule has 2 aromatic rings. The molecule has 0 aromatic heterocycles. The van der Waals surface area contributed by atoms with Gasteiger partial charge < -0.3 is 10.5 Å². The van der Waals surface area contributed by atoms with Crippen molar-refractivity contribution in [3.05, 3.63) is 36.4 Å². The van der Waals surface area contributed by atoms with Gasteiger partial charge in [-0.1, -0.05) is 24.3 Å². The molecule has 1 unspecified atom stereocenters. The fourth-order valence-corrected chi connectivity index (χ4v) is 4.02. The van der Waals surface area contributed by atoms with E-state index in [2.05, 4.69) is 4.72 Å². The summed E-state index contributed by atoms with van der Waals surface area (Å²) in [5, 5.41) is 1.45. The number of sulfonamides is 1. The van der Waals surface area contributed by atoms with E-state index in [1.165, 1.54) is 0 Å². The van der Waals surface area contributed by atoms with Crippen LogP contribution in [0.15, 0.2) is 41.3 Å². The Morgan fingerprint density at radius 2 is 1.91 bits per heavy atom. The van der Waals surface area contributed by atoms with Crippen LogP contribution in [0, 0.1) is 5.92 Å². The minimum atomic E-state index is -3.60. The van der Waals surface area contributed by atoms with Crippen LogP contribution < -0.4 is 15.2 Å². The molecule has 124 valence electrons. The Bertz CT molecular complexity index is 801. The zero-order chi connectivity index (χ0) is 16.4. The van der Waals surface area contributed by atoms with Gasteiger partial charge in [0.1, 0.15) is 5.75 Å². The lowest BCUT2D eigenvalue weighted by molar-refractivity contribution is 0.344. The molecule has 0 spiro atoms. The van der Waals surface area contributed by atoms with Gasteiger partial charge in [-0.05, 0) is 37.8 Å². The Morgan fingerprint density at radius 3 is 2.57 bits per heavy atom. The summed E-state index contributed by atoms with van der Waals surface area (Å²) in [5.41, 5.74) is 5.99. The van der Waals surface area contributed by atoms with E-state index < -0.39 is 10.0 Å². The third kappa shape index (κ3) is 3.49. The highest BCUT2D eigenvalue weighted by Crippen LogP contribution is 2.32. The molecule has 3 rings (SSSR count). The quantitative estimate of drug-likeness (QED) is 0.814. The highest BCUT2D eigenvalue weighted by atomic mass is 32.2. The Labute approximate surface area is 136 Å². The topological polar surface area (TPSA) is 81.4 Å². The zero-order valence-electron chi connectivity index (χ0n) is 13.2. The molecule has 1 saturated carbocycles. The van der Waals surface area contributed by atoms with Gasteiger partial charge in [-0.2, -0.15) is 0 Å². The van der Waals surface area contributed by atoms with E-state index in [0.717, 1.165) is 18.2 Å². The van der Waals surface area contributed by atoms with Gasteiger partial charge in [-0.25, -0.2) is 13.1 Å². The van der Waals surface area contributed by atoms with E-state index in [4.69, 9.17) is 10.5 Å². The average Bonchev–Trinajstić information content (AvgIpc) is 3.38. The van der Waals surface area contributed by atoms with Crippen LogP contribution in [-0.4, -0.2) is 27.6 Å². The Balaban J connectivity index is 1.93. The van der Waals surface area contributed by atoms with Crippen molar-refractivity contribution >= 4 is 20.8 Å². The van der Waals surface area contributed by atoms with Crippen LogP contribution in [0.1, 0.15) is 19.8 Å². The molecule has 6 heteroatoms. The standard InChI is InChI=1S/C17H22N2O3S/c1-2-22-16-9-10-17(14-6-4-3-5-13(14)16)23(20,21)19-11-15(18)12-7-8-12/h3-6,9-10,12,15,19H,2,7-8,11,18H2,1H3. The summed E-state index contributed by atoms with van der Waals surface area (Å²) in [7, 11) is -3.60. The van der Waals surface area contributed by atoms with Crippen molar-refractivity contribution in [2.75, 3.05) is 13.2 Å². The molecule has 0 saturated heterocycles. The lowest BCUT2D eigenvalue weighted by Crippen LogP contribution is -2.38. The Hall–Kier alpha value is -1.63. The fourth-order valence-electron chi connectivity index (χ4n) is 2.73. The fraction of sp³-hybridized carbons (Fsp3) is 0.412. The summed E-state index contributed by atoms with van der Waals surface area (Å²) in [4.78, 5) is 0.263. The maximum Gasteiger partial charge on any atom is 0.241 e. The minimum absolute atomic E-state index is 0.112. The molecule has 23 heavy (non-hydrogen) atoms. The second-order valence-electron chi connectivity index (χ2n) is 5.89.